The van der Waals surface area contributed by atoms with Crippen LogP contribution in [0.4, 0.5) is 5.69 Å². The maximum atomic E-state index is 12.5. The molecule has 0 radical (unpaired) electrons. The van der Waals surface area contributed by atoms with Crippen molar-refractivity contribution in [2.24, 2.45) is 0 Å². The van der Waals surface area contributed by atoms with E-state index in [2.05, 4.69) is 9.97 Å². The van der Waals surface area contributed by atoms with Gasteiger partial charge in [0.1, 0.15) is 0 Å². The molecule has 3 rings (SSSR count). The summed E-state index contributed by atoms with van der Waals surface area (Å²) in [5.41, 5.74) is 2.89. The molecular formula is C21H20ClN3O2S. The van der Waals surface area contributed by atoms with E-state index in [-0.39, 0.29) is 17.2 Å². The third kappa shape index (κ3) is 5.03. The van der Waals surface area contributed by atoms with Crippen LogP contribution < -0.4 is 10.5 Å². The van der Waals surface area contributed by atoms with Gasteiger partial charge in [0.2, 0.25) is 5.91 Å². The van der Waals surface area contributed by atoms with Gasteiger partial charge in [-0.25, -0.2) is 4.98 Å². The van der Waals surface area contributed by atoms with Crippen molar-refractivity contribution in [2.75, 3.05) is 17.7 Å². The summed E-state index contributed by atoms with van der Waals surface area (Å²) in [5.74, 6) is 0.117. The van der Waals surface area contributed by atoms with Crippen LogP contribution in [-0.2, 0) is 11.2 Å². The van der Waals surface area contributed by atoms with Gasteiger partial charge in [-0.1, -0.05) is 53.7 Å². The molecule has 0 aliphatic heterocycles. The molecular weight excluding hydrogens is 394 g/mol. The average Bonchev–Trinajstić information content (AvgIpc) is 2.70. The number of nitrogens with zero attached hydrogens (tertiary/aromatic N) is 2. The number of benzene rings is 2. The minimum Gasteiger partial charge on any atom is -0.315 e. The van der Waals surface area contributed by atoms with Gasteiger partial charge in [-0.2, -0.15) is 0 Å². The van der Waals surface area contributed by atoms with Gasteiger partial charge < -0.3 is 9.88 Å². The van der Waals surface area contributed by atoms with Gasteiger partial charge in [-0.15, -0.1) is 0 Å². The number of thioether (sulfide) groups is 1. The first kappa shape index (κ1) is 20.2. The molecule has 1 aromatic heterocycles. The zero-order chi connectivity index (χ0) is 20.1. The van der Waals surface area contributed by atoms with E-state index in [4.69, 9.17) is 11.6 Å². The molecule has 1 amide bonds. The number of hydrogen-bond acceptors (Lipinski definition) is 4. The third-order valence-electron chi connectivity index (χ3n) is 4.34. The van der Waals surface area contributed by atoms with E-state index >= 15 is 0 Å². The van der Waals surface area contributed by atoms with Gasteiger partial charge in [-0.3, -0.25) is 9.59 Å². The number of halogens is 1. The first-order valence-electron chi connectivity index (χ1n) is 8.72. The fourth-order valence-corrected chi connectivity index (χ4v) is 3.64. The summed E-state index contributed by atoms with van der Waals surface area (Å²) >= 11 is 7.13. The van der Waals surface area contributed by atoms with Gasteiger partial charge in [0.25, 0.3) is 5.56 Å². The Balaban J connectivity index is 1.68. The maximum Gasteiger partial charge on any atom is 0.255 e. The van der Waals surface area contributed by atoms with Crippen molar-refractivity contribution in [1.29, 1.82) is 0 Å². The molecule has 0 unspecified atom stereocenters. The molecule has 1 N–H and O–H groups in total. The van der Waals surface area contributed by atoms with E-state index in [0.29, 0.717) is 27.9 Å². The van der Waals surface area contributed by atoms with Crippen molar-refractivity contribution in [1.82, 2.24) is 9.97 Å². The van der Waals surface area contributed by atoms with Crippen LogP contribution in [0.15, 0.2) is 64.5 Å². The molecule has 0 saturated heterocycles. The minimum absolute atomic E-state index is 0.0678. The molecule has 5 nitrogen and oxygen atoms in total. The van der Waals surface area contributed by atoms with Gasteiger partial charge in [-0.05, 0) is 36.8 Å². The number of carbonyl (C=O) groups excluding carboxylic acids is 1. The van der Waals surface area contributed by atoms with E-state index < -0.39 is 0 Å². The number of amides is 1. The number of para-hydroxylation sites is 1. The van der Waals surface area contributed by atoms with Crippen LogP contribution in [0.2, 0.25) is 5.02 Å². The molecule has 0 spiro atoms. The Kier molecular flexibility index (Phi) is 6.54. The van der Waals surface area contributed by atoms with Crippen LogP contribution in [0, 0.1) is 6.92 Å². The number of aromatic nitrogens is 2. The van der Waals surface area contributed by atoms with Gasteiger partial charge in [0.15, 0.2) is 5.16 Å². The first-order valence-corrected chi connectivity index (χ1v) is 10.1. The molecule has 0 fully saturated rings. The Bertz CT molecular complexity index is 1020. The van der Waals surface area contributed by atoms with Crippen molar-refractivity contribution in [3.8, 4) is 0 Å². The first-order chi connectivity index (χ1) is 13.4. The van der Waals surface area contributed by atoms with Crippen LogP contribution in [0.1, 0.15) is 16.8 Å². The quantitative estimate of drug-likeness (QED) is 0.488. The second kappa shape index (κ2) is 9.08. The summed E-state index contributed by atoms with van der Waals surface area (Å²) in [6.45, 7) is 1.81. The van der Waals surface area contributed by atoms with E-state index in [9.17, 15) is 9.59 Å². The van der Waals surface area contributed by atoms with Crippen molar-refractivity contribution >= 4 is 35.0 Å². The fourth-order valence-electron chi connectivity index (χ4n) is 2.69. The maximum absolute atomic E-state index is 12.5. The lowest BCUT2D eigenvalue weighted by Crippen LogP contribution is -2.28. The van der Waals surface area contributed by atoms with Crippen LogP contribution in [0.25, 0.3) is 0 Å². The Hall–Kier alpha value is -2.57. The molecule has 0 bridgehead atoms. The molecule has 2 aromatic carbocycles. The highest BCUT2D eigenvalue weighted by atomic mass is 35.5. The monoisotopic (exact) mass is 413 g/mol. The molecule has 28 heavy (non-hydrogen) atoms. The minimum atomic E-state index is -0.186. The van der Waals surface area contributed by atoms with Crippen molar-refractivity contribution in [2.45, 2.75) is 18.5 Å². The van der Waals surface area contributed by atoms with E-state index in [1.165, 1.54) is 11.8 Å². The summed E-state index contributed by atoms with van der Waals surface area (Å²) in [5, 5.41) is 1.10. The summed E-state index contributed by atoms with van der Waals surface area (Å²) in [6.07, 6.45) is 0.478. The molecule has 0 saturated carbocycles. The summed E-state index contributed by atoms with van der Waals surface area (Å²) < 4.78 is 0. The normalized spacial score (nSPS) is 10.7. The number of aryl methyl sites for hydroxylation is 1. The number of carbonyl (C=O) groups is 1. The van der Waals surface area contributed by atoms with Crippen molar-refractivity contribution < 1.29 is 4.79 Å². The Morgan fingerprint density at radius 1 is 1.14 bits per heavy atom. The third-order valence-corrected chi connectivity index (χ3v) is 5.45. The zero-order valence-electron chi connectivity index (χ0n) is 15.6. The molecule has 0 aliphatic rings. The standard InChI is InChI=1S/C21H20ClN3O2S/c1-14-18(12-15-8-10-16(22)11-9-15)20(27)24-21(23-14)28-13-19(26)25(2)17-6-4-3-5-7-17/h3-11H,12-13H2,1-2H3,(H,23,24,27). The number of aromatic amines is 1. The highest BCUT2D eigenvalue weighted by Crippen LogP contribution is 2.18. The smallest absolute Gasteiger partial charge is 0.255 e. The number of H-pyrrole nitrogens is 1. The summed E-state index contributed by atoms with van der Waals surface area (Å²) in [4.78, 5) is 33.7. The van der Waals surface area contributed by atoms with Crippen LogP contribution >= 0.6 is 23.4 Å². The van der Waals surface area contributed by atoms with Gasteiger partial charge in [0.05, 0.1) is 5.75 Å². The largest absolute Gasteiger partial charge is 0.315 e. The molecule has 0 atom stereocenters. The molecule has 144 valence electrons. The second-order valence-corrected chi connectivity index (χ2v) is 7.72. The van der Waals surface area contributed by atoms with E-state index in [1.54, 1.807) is 24.1 Å². The SMILES string of the molecule is Cc1nc(SCC(=O)N(C)c2ccccc2)[nH]c(=O)c1Cc1ccc(Cl)cc1. The Morgan fingerprint density at radius 3 is 2.46 bits per heavy atom. The van der Waals surface area contributed by atoms with Gasteiger partial charge in [0, 0.05) is 35.4 Å². The van der Waals surface area contributed by atoms with Gasteiger partial charge >= 0.3 is 0 Å². The Morgan fingerprint density at radius 2 is 1.82 bits per heavy atom. The number of anilines is 1. The van der Waals surface area contributed by atoms with Crippen LogP contribution in [-0.4, -0.2) is 28.7 Å². The van der Waals surface area contributed by atoms with Crippen LogP contribution in [0.5, 0.6) is 0 Å². The predicted octanol–water partition coefficient (Wildman–Crippen LogP) is 4.08. The molecule has 1 heterocycles. The van der Waals surface area contributed by atoms with E-state index in [1.807, 2.05) is 49.4 Å². The van der Waals surface area contributed by atoms with Crippen molar-refractivity contribution in [3.63, 3.8) is 0 Å². The van der Waals surface area contributed by atoms with E-state index in [0.717, 1.165) is 11.3 Å². The number of nitrogens with one attached hydrogen (secondary N) is 1. The fraction of sp³-hybridized carbons (Fsp3) is 0.190. The molecule has 3 aromatic rings. The molecule has 7 heteroatoms. The highest BCUT2D eigenvalue weighted by Gasteiger charge is 2.14. The lowest BCUT2D eigenvalue weighted by atomic mass is 10.1. The highest BCUT2D eigenvalue weighted by molar-refractivity contribution is 7.99. The molecule has 0 aliphatic carbocycles. The average molecular weight is 414 g/mol. The Labute approximate surface area is 172 Å². The summed E-state index contributed by atoms with van der Waals surface area (Å²) in [6, 6.07) is 16.8. The van der Waals surface area contributed by atoms with Crippen LogP contribution in [0.3, 0.4) is 0 Å². The zero-order valence-corrected chi connectivity index (χ0v) is 17.2. The lowest BCUT2D eigenvalue weighted by Gasteiger charge is -2.16. The summed E-state index contributed by atoms with van der Waals surface area (Å²) in [7, 11) is 1.73. The lowest BCUT2D eigenvalue weighted by molar-refractivity contribution is -0.115. The second-order valence-electron chi connectivity index (χ2n) is 6.32. The number of rotatable bonds is 6. The number of hydrogen-bond donors (Lipinski definition) is 1. The van der Waals surface area contributed by atoms with Crippen molar-refractivity contribution in [3.05, 3.63) is 86.8 Å². The predicted molar refractivity (Wildman–Crippen MR) is 114 cm³/mol. The topological polar surface area (TPSA) is 66.1 Å².